The number of hydrogen-bond donors (Lipinski definition) is 0. The molecule has 170 valence electrons. The fourth-order valence-corrected chi connectivity index (χ4v) is 4.12. The summed E-state index contributed by atoms with van der Waals surface area (Å²) in [5.74, 6) is 0.739. The van der Waals surface area contributed by atoms with E-state index in [1.54, 1.807) is 17.0 Å². The highest BCUT2D eigenvalue weighted by Gasteiger charge is 2.23. The zero-order chi connectivity index (χ0) is 23.0. The number of amides is 1. The molecule has 4 rings (SSSR count). The lowest BCUT2D eigenvalue weighted by molar-refractivity contribution is -0.131. The van der Waals surface area contributed by atoms with Gasteiger partial charge >= 0.3 is 0 Å². The molecule has 0 fully saturated rings. The molecule has 1 aliphatic heterocycles. The molecule has 0 unspecified atom stereocenters. The van der Waals surface area contributed by atoms with E-state index in [2.05, 4.69) is 18.2 Å². The molecule has 1 atom stereocenters. The zero-order valence-electron chi connectivity index (χ0n) is 18.9. The second kappa shape index (κ2) is 10.9. The lowest BCUT2D eigenvalue weighted by Gasteiger charge is -2.22. The Morgan fingerprint density at radius 1 is 0.939 bits per heavy atom. The van der Waals surface area contributed by atoms with Gasteiger partial charge in [0.15, 0.2) is 5.78 Å². The van der Waals surface area contributed by atoms with Crippen LogP contribution in [0.4, 0.5) is 0 Å². The minimum Gasteiger partial charge on any atom is -0.491 e. The average molecular weight is 444 g/mol. The number of nitrogens with zero attached hydrogens (tertiary/aromatic N) is 1. The lowest BCUT2D eigenvalue weighted by Crippen LogP contribution is -2.32. The molecule has 5 heteroatoms. The molecule has 0 aliphatic carbocycles. The van der Waals surface area contributed by atoms with Crippen molar-refractivity contribution in [2.45, 2.75) is 32.4 Å². The van der Waals surface area contributed by atoms with Crippen LogP contribution in [0, 0.1) is 0 Å². The maximum atomic E-state index is 12.9. The molecule has 33 heavy (non-hydrogen) atoms. The van der Waals surface area contributed by atoms with Crippen LogP contribution in [0.1, 0.15) is 52.9 Å². The number of benzene rings is 3. The topological polar surface area (TPSA) is 55.8 Å². The van der Waals surface area contributed by atoms with E-state index in [1.165, 1.54) is 0 Å². The molecular weight excluding hydrogens is 414 g/mol. The molecule has 1 heterocycles. The molecule has 0 N–H and O–H groups in total. The van der Waals surface area contributed by atoms with Gasteiger partial charge in [0.1, 0.15) is 18.5 Å². The first-order valence-corrected chi connectivity index (χ1v) is 11.4. The van der Waals surface area contributed by atoms with Crippen LogP contribution in [0.15, 0.2) is 78.9 Å². The summed E-state index contributed by atoms with van der Waals surface area (Å²) in [7, 11) is 0. The summed E-state index contributed by atoms with van der Waals surface area (Å²) in [5.41, 5.74) is 3.70. The second-order valence-corrected chi connectivity index (χ2v) is 8.07. The SMILES string of the molecule is CCO[C@H](c1ccccc1)c1ccc2c(c1)CN(C(=O)CCC(=O)c1ccccc1)CCO2. The third-order valence-corrected chi connectivity index (χ3v) is 5.82. The highest BCUT2D eigenvalue weighted by atomic mass is 16.5. The van der Waals surface area contributed by atoms with Gasteiger partial charge in [-0.2, -0.15) is 0 Å². The lowest BCUT2D eigenvalue weighted by atomic mass is 9.98. The van der Waals surface area contributed by atoms with Crippen LogP contribution in [-0.4, -0.2) is 36.3 Å². The third kappa shape index (κ3) is 5.68. The number of fused-ring (bicyclic) bond motifs is 1. The summed E-state index contributed by atoms with van der Waals surface area (Å²) >= 11 is 0. The van der Waals surface area contributed by atoms with Crippen LogP contribution >= 0.6 is 0 Å². The van der Waals surface area contributed by atoms with Crippen molar-refractivity contribution in [1.82, 2.24) is 4.90 Å². The first-order chi connectivity index (χ1) is 16.2. The number of hydrogen-bond acceptors (Lipinski definition) is 4. The van der Waals surface area contributed by atoms with Gasteiger partial charge in [0.2, 0.25) is 5.91 Å². The zero-order valence-corrected chi connectivity index (χ0v) is 18.9. The van der Waals surface area contributed by atoms with Crippen molar-refractivity contribution in [3.8, 4) is 5.75 Å². The van der Waals surface area contributed by atoms with Crippen LogP contribution in [0.5, 0.6) is 5.75 Å². The largest absolute Gasteiger partial charge is 0.491 e. The third-order valence-electron chi connectivity index (χ3n) is 5.82. The molecule has 0 radical (unpaired) electrons. The predicted octanol–water partition coefficient (Wildman–Crippen LogP) is 5.20. The van der Waals surface area contributed by atoms with E-state index in [9.17, 15) is 9.59 Å². The van der Waals surface area contributed by atoms with E-state index < -0.39 is 0 Å². The minimum absolute atomic E-state index is 0.0138. The Balaban J connectivity index is 1.48. The number of carbonyl (C=O) groups is 2. The molecule has 0 saturated carbocycles. The number of ether oxygens (including phenoxy) is 2. The van der Waals surface area contributed by atoms with Crippen molar-refractivity contribution >= 4 is 11.7 Å². The van der Waals surface area contributed by atoms with Crippen LogP contribution in [0.3, 0.4) is 0 Å². The first-order valence-electron chi connectivity index (χ1n) is 11.4. The van der Waals surface area contributed by atoms with E-state index in [-0.39, 0.29) is 30.6 Å². The first kappa shape index (κ1) is 22.7. The Morgan fingerprint density at radius 2 is 1.67 bits per heavy atom. The van der Waals surface area contributed by atoms with Crippen LogP contribution in [-0.2, 0) is 16.1 Å². The van der Waals surface area contributed by atoms with Crippen LogP contribution in [0.25, 0.3) is 0 Å². The van der Waals surface area contributed by atoms with Crippen molar-refractivity contribution < 1.29 is 19.1 Å². The molecule has 1 amide bonds. The normalized spacial score (nSPS) is 14.0. The predicted molar refractivity (Wildman–Crippen MR) is 127 cm³/mol. The van der Waals surface area contributed by atoms with Gasteiger partial charge in [-0.05, 0) is 30.2 Å². The molecule has 0 spiro atoms. The maximum absolute atomic E-state index is 12.9. The van der Waals surface area contributed by atoms with Gasteiger partial charge in [0.25, 0.3) is 0 Å². The van der Waals surface area contributed by atoms with Gasteiger partial charge in [0.05, 0.1) is 6.54 Å². The Labute approximate surface area is 194 Å². The van der Waals surface area contributed by atoms with Crippen LogP contribution < -0.4 is 4.74 Å². The number of ketones is 1. The standard InChI is InChI=1S/C28H29NO4/c1-2-32-28(22-11-7-4-8-12-22)23-13-15-26-24(19-23)20-29(17-18-33-26)27(31)16-14-25(30)21-9-5-3-6-10-21/h3-13,15,19,28H,2,14,16-18,20H2,1H3/t28-/m1/s1. The number of Topliss-reactive ketones (excluding diaryl/α,β-unsaturated/α-hetero) is 1. The fourth-order valence-electron chi connectivity index (χ4n) is 4.12. The van der Waals surface area contributed by atoms with Gasteiger partial charge < -0.3 is 14.4 Å². The van der Waals surface area contributed by atoms with Crippen molar-refractivity contribution in [3.05, 3.63) is 101 Å². The minimum atomic E-state index is -0.183. The van der Waals surface area contributed by atoms with Crippen molar-refractivity contribution in [1.29, 1.82) is 0 Å². The summed E-state index contributed by atoms with van der Waals surface area (Å²) in [6.45, 7) is 3.95. The van der Waals surface area contributed by atoms with E-state index in [0.717, 1.165) is 22.4 Å². The highest BCUT2D eigenvalue weighted by molar-refractivity contribution is 5.97. The average Bonchev–Trinajstić information content (AvgIpc) is 3.08. The van der Waals surface area contributed by atoms with Gasteiger partial charge in [-0.15, -0.1) is 0 Å². The fraction of sp³-hybridized carbons (Fsp3) is 0.286. The van der Waals surface area contributed by atoms with Gasteiger partial charge in [-0.3, -0.25) is 9.59 Å². The van der Waals surface area contributed by atoms with E-state index in [0.29, 0.717) is 31.9 Å². The molecule has 3 aromatic rings. The summed E-state index contributed by atoms with van der Waals surface area (Å²) in [6.07, 6.45) is 0.208. The van der Waals surface area contributed by atoms with Gasteiger partial charge in [-0.1, -0.05) is 66.7 Å². The summed E-state index contributed by atoms with van der Waals surface area (Å²) in [4.78, 5) is 27.1. The molecule has 3 aromatic carbocycles. The van der Waals surface area contributed by atoms with Gasteiger partial charge in [-0.25, -0.2) is 0 Å². The van der Waals surface area contributed by atoms with E-state index in [4.69, 9.17) is 9.47 Å². The van der Waals surface area contributed by atoms with E-state index >= 15 is 0 Å². The molecule has 5 nitrogen and oxygen atoms in total. The molecular formula is C28H29NO4. The van der Waals surface area contributed by atoms with Crippen LogP contribution in [0.2, 0.25) is 0 Å². The number of rotatable bonds is 8. The summed E-state index contributed by atoms with van der Waals surface area (Å²) in [5, 5.41) is 0. The molecule has 0 aromatic heterocycles. The Morgan fingerprint density at radius 3 is 2.39 bits per heavy atom. The van der Waals surface area contributed by atoms with Crippen molar-refractivity contribution in [2.75, 3.05) is 19.8 Å². The summed E-state index contributed by atoms with van der Waals surface area (Å²) in [6, 6.07) is 25.3. The van der Waals surface area contributed by atoms with Gasteiger partial charge in [0, 0.05) is 37.1 Å². The van der Waals surface area contributed by atoms with E-state index in [1.807, 2.05) is 55.5 Å². The Hall–Kier alpha value is -3.44. The van der Waals surface area contributed by atoms with Crippen molar-refractivity contribution in [2.24, 2.45) is 0 Å². The maximum Gasteiger partial charge on any atom is 0.223 e. The molecule has 0 saturated heterocycles. The molecule has 1 aliphatic rings. The Bertz CT molecular complexity index is 1080. The smallest absolute Gasteiger partial charge is 0.223 e. The Kier molecular flexibility index (Phi) is 7.53. The molecule has 0 bridgehead atoms. The quantitative estimate of drug-likeness (QED) is 0.449. The highest BCUT2D eigenvalue weighted by Crippen LogP contribution is 2.31. The number of carbonyl (C=O) groups excluding carboxylic acids is 2. The van der Waals surface area contributed by atoms with Crippen molar-refractivity contribution in [3.63, 3.8) is 0 Å². The summed E-state index contributed by atoms with van der Waals surface area (Å²) < 4.78 is 12.0. The second-order valence-electron chi connectivity index (χ2n) is 8.07. The monoisotopic (exact) mass is 443 g/mol.